The first-order chi connectivity index (χ1) is 6.38. The number of rotatable bonds is 3. The molecular formula is C11H20O3. The quantitative estimate of drug-likeness (QED) is 0.701. The van der Waals surface area contributed by atoms with E-state index in [4.69, 9.17) is 9.47 Å². The van der Waals surface area contributed by atoms with Gasteiger partial charge in [-0.05, 0) is 27.2 Å². The van der Waals surface area contributed by atoms with Crippen molar-refractivity contribution in [2.24, 2.45) is 0 Å². The summed E-state index contributed by atoms with van der Waals surface area (Å²) >= 11 is 0. The van der Waals surface area contributed by atoms with Crippen molar-refractivity contribution in [2.45, 2.75) is 65.0 Å². The molecule has 14 heavy (non-hydrogen) atoms. The van der Waals surface area contributed by atoms with Crippen molar-refractivity contribution >= 4 is 5.78 Å². The third-order valence-electron chi connectivity index (χ3n) is 2.86. The smallest absolute Gasteiger partial charge is 0.167 e. The molecule has 0 bridgehead atoms. The molecule has 1 heterocycles. The SMILES string of the molecule is CCC(=O)[C@]1(CC)OC(C)(C)O[C@H]1C. The molecule has 0 amide bonds. The standard InChI is InChI=1S/C11H20O3/c1-6-9(12)11(7-2)8(3)13-10(4,5)14-11/h8H,6-7H2,1-5H3/t8-,11+/m0/s1. The molecule has 0 aliphatic carbocycles. The third kappa shape index (κ3) is 1.71. The second kappa shape index (κ2) is 3.63. The Balaban J connectivity index is 2.96. The molecule has 0 spiro atoms. The first kappa shape index (κ1) is 11.7. The average Bonchev–Trinajstić information content (AvgIpc) is 2.35. The zero-order chi connectivity index (χ0) is 11.0. The highest BCUT2D eigenvalue weighted by molar-refractivity contribution is 5.88. The van der Waals surface area contributed by atoms with Gasteiger partial charge >= 0.3 is 0 Å². The van der Waals surface area contributed by atoms with Crippen molar-refractivity contribution in [2.75, 3.05) is 0 Å². The van der Waals surface area contributed by atoms with Gasteiger partial charge in [-0.15, -0.1) is 0 Å². The van der Waals surface area contributed by atoms with E-state index in [1.165, 1.54) is 0 Å². The van der Waals surface area contributed by atoms with Gasteiger partial charge in [-0.3, -0.25) is 4.79 Å². The average molecular weight is 200 g/mol. The summed E-state index contributed by atoms with van der Waals surface area (Å²) in [6.07, 6.45) is 1.01. The van der Waals surface area contributed by atoms with Crippen LogP contribution in [0.25, 0.3) is 0 Å². The van der Waals surface area contributed by atoms with Gasteiger partial charge in [0.15, 0.2) is 17.2 Å². The van der Waals surface area contributed by atoms with Gasteiger partial charge in [0.1, 0.15) is 0 Å². The number of ether oxygens (including phenoxy) is 2. The van der Waals surface area contributed by atoms with E-state index in [-0.39, 0.29) is 11.9 Å². The molecule has 0 radical (unpaired) electrons. The summed E-state index contributed by atoms with van der Waals surface area (Å²) in [5.41, 5.74) is -0.724. The normalized spacial score (nSPS) is 35.9. The Morgan fingerprint density at radius 1 is 1.36 bits per heavy atom. The maximum Gasteiger partial charge on any atom is 0.167 e. The number of carbonyl (C=O) groups is 1. The fraction of sp³-hybridized carbons (Fsp3) is 0.909. The molecule has 82 valence electrons. The Hall–Kier alpha value is -0.410. The predicted octanol–water partition coefficient (Wildman–Crippen LogP) is 2.29. The van der Waals surface area contributed by atoms with Gasteiger partial charge in [0.05, 0.1) is 6.10 Å². The van der Waals surface area contributed by atoms with Crippen LogP contribution in [0.5, 0.6) is 0 Å². The minimum absolute atomic E-state index is 0.137. The Labute approximate surface area is 85.8 Å². The molecule has 1 fully saturated rings. The molecule has 0 N–H and O–H groups in total. The molecule has 0 saturated carbocycles. The first-order valence-electron chi connectivity index (χ1n) is 5.29. The van der Waals surface area contributed by atoms with Gasteiger partial charge in [0.2, 0.25) is 0 Å². The molecule has 0 aromatic heterocycles. The van der Waals surface area contributed by atoms with Crippen LogP contribution in [0, 0.1) is 0 Å². The van der Waals surface area contributed by atoms with Crippen molar-refractivity contribution in [3.63, 3.8) is 0 Å². The molecular weight excluding hydrogens is 180 g/mol. The lowest BCUT2D eigenvalue weighted by atomic mass is 9.88. The van der Waals surface area contributed by atoms with E-state index < -0.39 is 11.4 Å². The third-order valence-corrected chi connectivity index (χ3v) is 2.86. The first-order valence-corrected chi connectivity index (χ1v) is 5.29. The second-order valence-electron chi connectivity index (χ2n) is 4.28. The van der Waals surface area contributed by atoms with Crippen molar-refractivity contribution in [1.29, 1.82) is 0 Å². The van der Waals surface area contributed by atoms with E-state index in [9.17, 15) is 4.79 Å². The number of hydrogen-bond donors (Lipinski definition) is 0. The molecule has 1 aliphatic rings. The summed E-state index contributed by atoms with van der Waals surface area (Å²) in [5.74, 6) is -0.502. The monoisotopic (exact) mass is 200 g/mol. The molecule has 3 heteroatoms. The summed E-state index contributed by atoms with van der Waals surface area (Å²) < 4.78 is 11.4. The van der Waals surface area contributed by atoms with Crippen LogP contribution in [0.4, 0.5) is 0 Å². The van der Waals surface area contributed by atoms with Crippen molar-refractivity contribution in [1.82, 2.24) is 0 Å². The van der Waals surface area contributed by atoms with Gasteiger partial charge < -0.3 is 9.47 Å². The molecule has 3 nitrogen and oxygen atoms in total. The lowest BCUT2D eigenvalue weighted by Gasteiger charge is -2.28. The van der Waals surface area contributed by atoms with E-state index in [1.807, 2.05) is 34.6 Å². The summed E-state index contributed by atoms with van der Waals surface area (Å²) in [5, 5.41) is 0. The Kier molecular flexibility index (Phi) is 3.02. The zero-order valence-corrected chi connectivity index (χ0v) is 9.72. The lowest BCUT2D eigenvalue weighted by molar-refractivity contribution is -0.172. The van der Waals surface area contributed by atoms with Crippen LogP contribution in [0.1, 0.15) is 47.5 Å². The van der Waals surface area contributed by atoms with E-state index in [0.717, 1.165) is 0 Å². The number of Topliss-reactive ketones (excluding diaryl/α,β-unsaturated/α-hetero) is 1. The topological polar surface area (TPSA) is 35.5 Å². The lowest BCUT2D eigenvalue weighted by Crippen LogP contribution is -2.46. The number of carbonyl (C=O) groups excluding carboxylic acids is 1. The van der Waals surface area contributed by atoms with Gasteiger partial charge in [0.25, 0.3) is 0 Å². The van der Waals surface area contributed by atoms with Crippen molar-refractivity contribution < 1.29 is 14.3 Å². The largest absolute Gasteiger partial charge is 0.344 e. The van der Waals surface area contributed by atoms with Crippen LogP contribution >= 0.6 is 0 Å². The maximum atomic E-state index is 11.9. The van der Waals surface area contributed by atoms with Crippen LogP contribution < -0.4 is 0 Å². The van der Waals surface area contributed by atoms with E-state index >= 15 is 0 Å². The van der Waals surface area contributed by atoms with Gasteiger partial charge in [-0.25, -0.2) is 0 Å². The molecule has 2 atom stereocenters. The molecule has 0 unspecified atom stereocenters. The summed E-state index contributed by atoms with van der Waals surface area (Å²) in [6.45, 7) is 9.44. The van der Waals surface area contributed by atoms with Crippen molar-refractivity contribution in [3.05, 3.63) is 0 Å². The maximum absolute atomic E-state index is 11.9. The molecule has 1 rings (SSSR count). The summed E-state index contributed by atoms with van der Waals surface area (Å²) in [6, 6.07) is 0. The minimum atomic E-state index is -0.724. The number of ketones is 1. The van der Waals surface area contributed by atoms with Gasteiger partial charge in [0, 0.05) is 6.42 Å². The van der Waals surface area contributed by atoms with Crippen LogP contribution in [0.2, 0.25) is 0 Å². The van der Waals surface area contributed by atoms with Crippen LogP contribution in [-0.4, -0.2) is 23.3 Å². The molecule has 1 aliphatic heterocycles. The Morgan fingerprint density at radius 2 is 1.93 bits per heavy atom. The summed E-state index contributed by atoms with van der Waals surface area (Å²) in [7, 11) is 0. The van der Waals surface area contributed by atoms with E-state index in [1.54, 1.807) is 0 Å². The fourth-order valence-electron chi connectivity index (χ4n) is 2.21. The zero-order valence-electron chi connectivity index (χ0n) is 9.72. The van der Waals surface area contributed by atoms with Crippen LogP contribution in [0.3, 0.4) is 0 Å². The molecule has 0 aromatic rings. The second-order valence-corrected chi connectivity index (χ2v) is 4.28. The highest BCUT2D eigenvalue weighted by Gasteiger charge is 2.53. The predicted molar refractivity (Wildman–Crippen MR) is 54.0 cm³/mol. The van der Waals surface area contributed by atoms with Gasteiger partial charge in [-0.1, -0.05) is 13.8 Å². The molecule has 0 aromatic carbocycles. The highest BCUT2D eigenvalue weighted by atomic mass is 16.8. The van der Waals surface area contributed by atoms with E-state index in [0.29, 0.717) is 12.8 Å². The highest BCUT2D eigenvalue weighted by Crippen LogP contribution is 2.39. The minimum Gasteiger partial charge on any atom is -0.344 e. The van der Waals surface area contributed by atoms with Gasteiger partial charge in [-0.2, -0.15) is 0 Å². The van der Waals surface area contributed by atoms with Crippen LogP contribution in [-0.2, 0) is 14.3 Å². The Bertz CT molecular complexity index is 235. The van der Waals surface area contributed by atoms with Crippen molar-refractivity contribution in [3.8, 4) is 0 Å². The number of hydrogen-bond acceptors (Lipinski definition) is 3. The van der Waals surface area contributed by atoms with E-state index in [2.05, 4.69) is 0 Å². The molecule has 1 saturated heterocycles. The fourth-order valence-corrected chi connectivity index (χ4v) is 2.21. The summed E-state index contributed by atoms with van der Waals surface area (Å²) in [4.78, 5) is 11.9. The Morgan fingerprint density at radius 3 is 2.21 bits per heavy atom. The van der Waals surface area contributed by atoms with Crippen LogP contribution in [0.15, 0.2) is 0 Å².